The van der Waals surface area contributed by atoms with E-state index >= 15 is 0 Å². The molecule has 2 nitrogen and oxygen atoms in total. The van der Waals surface area contributed by atoms with Gasteiger partial charge < -0.3 is 11.0 Å². The van der Waals surface area contributed by atoms with E-state index in [1.807, 2.05) is 0 Å². The zero-order valence-electron chi connectivity index (χ0n) is 3.99. The highest BCUT2D eigenvalue weighted by molar-refractivity contribution is 6.05. The summed E-state index contributed by atoms with van der Waals surface area (Å²) in [5.74, 6) is 0. The topological polar surface area (TPSA) is 38.0 Å². The van der Waals surface area contributed by atoms with Crippen molar-refractivity contribution in [2.45, 2.75) is 0 Å². The van der Waals surface area contributed by atoms with Gasteiger partial charge in [-0.2, -0.15) is 0 Å². The summed E-state index contributed by atoms with van der Waals surface area (Å²) >= 11 is 0. The highest BCUT2D eigenvalue weighted by Crippen LogP contribution is 1.68. The molecule has 0 amide bonds. The molecule has 0 unspecified atom stereocenters. The maximum Gasteiger partial charge on any atom is 0.213 e. The number of nitrogens with one attached hydrogen (secondary N) is 1. The van der Waals surface area contributed by atoms with E-state index < -0.39 is 0 Å². The summed E-state index contributed by atoms with van der Waals surface area (Å²) in [5.41, 5.74) is 5.99. The first kappa shape index (κ1) is 5.56. The van der Waals surface area contributed by atoms with Gasteiger partial charge >= 0.3 is 0 Å². The molecule has 3 N–H and O–H groups in total. The minimum Gasteiger partial charge on any atom is -0.437 e. The van der Waals surface area contributed by atoms with Crippen LogP contribution in [0.4, 0.5) is 0 Å². The molecule has 0 aliphatic heterocycles. The molecule has 34 valence electrons. The number of hydrogen-bond acceptors (Lipinski definition) is 2. The van der Waals surface area contributed by atoms with Crippen molar-refractivity contribution in [3.05, 3.63) is 12.3 Å². The van der Waals surface area contributed by atoms with E-state index in [0.717, 1.165) is 5.70 Å². The van der Waals surface area contributed by atoms with Gasteiger partial charge in [0.1, 0.15) is 0 Å². The third-order valence-electron chi connectivity index (χ3n) is 0.600. The molecule has 0 heterocycles. The Bertz CT molecular complexity index is 46.8. The monoisotopic (exact) mass is 84.1 g/mol. The van der Waals surface area contributed by atoms with Gasteiger partial charge in [0.25, 0.3) is 0 Å². The molecule has 0 rings (SSSR count). The number of rotatable bonds is 2. The third kappa shape index (κ3) is 1.85. The lowest BCUT2D eigenvalue weighted by Gasteiger charge is -1.95. The molecule has 0 bridgehead atoms. The van der Waals surface area contributed by atoms with Crippen molar-refractivity contribution in [2.75, 3.05) is 6.54 Å². The van der Waals surface area contributed by atoms with E-state index in [1.165, 1.54) is 0 Å². The quantitative estimate of drug-likeness (QED) is 0.403. The molecule has 0 aromatic rings. The molecule has 3 heteroatoms. The third-order valence-corrected chi connectivity index (χ3v) is 0.600. The zero-order chi connectivity index (χ0) is 4.99. The van der Waals surface area contributed by atoms with Crippen molar-refractivity contribution >= 4 is 7.98 Å². The first-order valence-electron chi connectivity index (χ1n) is 1.87. The number of nitrogens with two attached hydrogens (primary N) is 1. The summed E-state index contributed by atoms with van der Waals surface area (Å²) in [6.07, 6.45) is 0. The van der Waals surface area contributed by atoms with E-state index in [1.54, 1.807) is 7.98 Å². The van der Waals surface area contributed by atoms with Gasteiger partial charge in [0.2, 0.25) is 7.98 Å². The summed E-state index contributed by atoms with van der Waals surface area (Å²) < 4.78 is 0. The lowest BCUT2D eigenvalue weighted by molar-refractivity contribution is 1.06. The van der Waals surface area contributed by atoms with Crippen LogP contribution < -0.4 is 11.0 Å². The molecule has 0 aliphatic carbocycles. The molecule has 6 heavy (non-hydrogen) atoms. The maximum atomic E-state index is 5.12. The Morgan fingerprint density at radius 1 is 2.00 bits per heavy atom. The smallest absolute Gasteiger partial charge is 0.213 e. The van der Waals surface area contributed by atoms with Gasteiger partial charge in [-0.3, -0.25) is 0 Å². The molecular formula is C3H9BN2. The van der Waals surface area contributed by atoms with Crippen LogP contribution in [-0.2, 0) is 0 Å². The van der Waals surface area contributed by atoms with Gasteiger partial charge in [-0.1, -0.05) is 6.58 Å². The summed E-state index contributed by atoms with van der Waals surface area (Å²) in [6.45, 7) is 4.08. The fourth-order valence-electron chi connectivity index (χ4n) is 0.102. The van der Waals surface area contributed by atoms with Gasteiger partial charge in [-0.05, 0) is 0 Å². The zero-order valence-corrected chi connectivity index (χ0v) is 3.99. The van der Waals surface area contributed by atoms with E-state index in [2.05, 4.69) is 11.8 Å². The summed E-state index contributed by atoms with van der Waals surface area (Å²) in [4.78, 5) is 0. The van der Waals surface area contributed by atoms with Crippen LogP contribution in [0.3, 0.4) is 0 Å². The van der Waals surface area contributed by atoms with Crippen molar-refractivity contribution in [3.63, 3.8) is 0 Å². The predicted octanol–water partition coefficient (Wildman–Crippen LogP) is -1.40. The fourth-order valence-corrected chi connectivity index (χ4v) is 0.102. The van der Waals surface area contributed by atoms with Crippen molar-refractivity contribution in [1.82, 2.24) is 5.23 Å². The Labute approximate surface area is 38.8 Å². The summed E-state index contributed by atoms with van der Waals surface area (Å²) in [5, 5.41) is 2.80. The van der Waals surface area contributed by atoms with Crippen LogP contribution >= 0.6 is 0 Å². The Morgan fingerprint density at radius 2 is 2.50 bits per heavy atom. The standard InChI is InChI=1S/C3H9BN2/c1-3(2-5)6-4/h6H,1-2,4-5H2. The Balaban J connectivity index is 2.99. The molecule has 0 radical (unpaired) electrons. The predicted molar refractivity (Wildman–Crippen MR) is 29.9 cm³/mol. The van der Waals surface area contributed by atoms with Crippen LogP contribution in [0, 0.1) is 0 Å². The van der Waals surface area contributed by atoms with Crippen LogP contribution in [0.5, 0.6) is 0 Å². The Kier molecular flexibility index (Phi) is 2.58. The minimum atomic E-state index is 0.524. The first-order valence-corrected chi connectivity index (χ1v) is 1.87. The van der Waals surface area contributed by atoms with Gasteiger partial charge in [0, 0.05) is 12.2 Å². The highest BCUT2D eigenvalue weighted by Gasteiger charge is 1.75. The summed E-state index contributed by atoms with van der Waals surface area (Å²) in [7, 11) is 1.80. The van der Waals surface area contributed by atoms with Gasteiger partial charge in [-0.25, -0.2) is 0 Å². The Morgan fingerprint density at radius 3 is 2.50 bits per heavy atom. The fraction of sp³-hybridized carbons (Fsp3) is 0.333. The van der Waals surface area contributed by atoms with Gasteiger partial charge in [0.05, 0.1) is 0 Å². The largest absolute Gasteiger partial charge is 0.437 e. The molecule has 0 saturated carbocycles. The van der Waals surface area contributed by atoms with Crippen LogP contribution in [0.25, 0.3) is 0 Å². The molecule has 0 aromatic carbocycles. The van der Waals surface area contributed by atoms with Crippen molar-refractivity contribution in [3.8, 4) is 0 Å². The average Bonchev–Trinajstić information content (AvgIpc) is 1.65. The molecule has 0 spiro atoms. The van der Waals surface area contributed by atoms with E-state index in [-0.39, 0.29) is 0 Å². The highest BCUT2D eigenvalue weighted by atomic mass is 14.8. The normalized spacial score (nSPS) is 7.50. The van der Waals surface area contributed by atoms with E-state index in [4.69, 9.17) is 5.73 Å². The minimum absolute atomic E-state index is 0.524. The second kappa shape index (κ2) is 2.78. The Hall–Kier alpha value is -0.435. The van der Waals surface area contributed by atoms with Crippen LogP contribution in [0.1, 0.15) is 0 Å². The van der Waals surface area contributed by atoms with Gasteiger partial charge in [0.15, 0.2) is 0 Å². The molecule has 0 aromatic heterocycles. The number of hydrogen-bond donors (Lipinski definition) is 2. The molecule has 0 atom stereocenters. The van der Waals surface area contributed by atoms with Crippen molar-refractivity contribution in [1.29, 1.82) is 0 Å². The lowest BCUT2D eigenvalue weighted by Crippen LogP contribution is -2.15. The lowest BCUT2D eigenvalue weighted by atomic mass is 10.3. The second-order valence-electron chi connectivity index (χ2n) is 1.06. The van der Waals surface area contributed by atoms with Crippen LogP contribution in [-0.4, -0.2) is 14.5 Å². The van der Waals surface area contributed by atoms with Crippen LogP contribution in [0.2, 0.25) is 0 Å². The SMILES string of the molecule is BNC(=C)CN. The van der Waals surface area contributed by atoms with Crippen molar-refractivity contribution < 1.29 is 0 Å². The molecule has 0 saturated heterocycles. The van der Waals surface area contributed by atoms with Gasteiger partial charge in [-0.15, -0.1) is 0 Å². The second-order valence-corrected chi connectivity index (χ2v) is 1.06. The molecule has 0 fully saturated rings. The molecule has 0 aliphatic rings. The van der Waals surface area contributed by atoms with Crippen molar-refractivity contribution in [2.24, 2.45) is 5.73 Å². The first-order chi connectivity index (χ1) is 2.81. The molecular weight excluding hydrogens is 74.9 g/mol. The maximum absolute atomic E-state index is 5.12. The summed E-state index contributed by atoms with van der Waals surface area (Å²) in [6, 6.07) is 0. The van der Waals surface area contributed by atoms with E-state index in [0.29, 0.717) is 6.54 Å². The van der Waals surface area contributed by atoms with Crippen LogP contribution in [0.15, 0.2) is 12.3 Å². The van der Waals surface area contributed by atoms with E-state index in [9.17, 15) is 0 Å². The average molecular weight is 83.9 g/mol.